The van der Waals surface area contributed by atoms with Crippen molar-refractivity contribution in [3.05, 3.63) is 34.6 Å². The molecule has 2 aliphatic rings. The normalized spacial score (nSPS) is 18.0. The molecule has 5 rings (SSSR count). The average molecular weight is 471 g/mol. The second-order valence-electron chi connectivity index (χ2n) is 9.34. The van der Waals surface area contributed by atoms with E-state index in [0.717, 1.165) is 55.7 Å². The molecule has 1 aliphatic carbocycles. The summed E-state index contributed by atoms with van der Waals surface area (Å²) in [5.74, 6) is 1.09. The molecule has 0 spiro atoms. The van der Waals surface area contributed by atoms with Gasteiger partial charge in [0.25, 0.3) is 0 Å². The first-order valence-corrected chi connectivity index (χ1v) is 11.8. The summed E-state index contributed by atoms with van der Waals surface area (Å²) in [5, 5.41) is 12.0. The van der Waals surface area contributed by atoms with Crippen molar-refractivity contribution in [2.75, 3.05) is 28.6 Å². The van der Waals surface area contributed by atoms with Crippen LogP contribution in [0, 0.1) is 0 Å². The number of halogens is 1. The Hall–Kier alpha value is -2.66. The molecule has 0 amide bonds. The zero-order valence-electron chi connectivity index (χ0n) is 18.8. The Morgan fingerprint density at radius 1 is 1.18 bits per heavy atom. The highest BCUT2D eigenvalue weighted by Gasteiger charge is 2.28. The molecule has 1 aliphatic heterocycles. The van der Waals surface area contributed by atoms with E-state index in [9.17, 15) is 0 Å². The van der Waals surface area contributed by atoms with Gasteiger partial charge >= 0.3 is 0 Å². The maximum atomic E-state index is 6.90. The molecule has 33 heavy (non-hydrogen) atoms. The molecular formula is C22H31ClN10. The lowest BCUT2D eigenvalue weighted by atomic mass is 9.90. The SMILES string of the molecule is CC1(N)CCN(c2cc(CN)cc(Nc3nc(NC4CC4)c4ncc(CN)n4n3)c2Cl)CC1. The van der Waals surface area contributed by atoms with Crippen molar-refractivity contribution in [3.8, 4) is 0 Å². The molecule has 0 bridgehead atoms. The lowest BCUT2D eigenvalue weighted by Crippen LogP contribution is -2.48. The number of fused-ring (bicyclic) bond motifs is 1. The highest BCUT2D eigenvalue weighted by Crippen LogP contribution is 2.38. The van der Waals surface area contributed by atoms with Crippen molar-refractivity contribution in [1.29, 1.82) is 0 Å². The van der Waals surface area contributed by atoms with Gasteiger partial charge in [0.05, 0.1) is 28.3 Å². The van der Waals surface area contributed by atoms with E-state index in [2.05, 4.69) is 38.6 Å². The van der Waals surface area contributed by atoms with Crippen molar-refractivity contribution in [2.45, 2.75) is 57.3 Å². The van der Waals surface area contributed by atoms with E-state index in [1.807, 2.05) is 6.07 Å². The smallest absolute Gasteiger partial charge is 0.247 e. The number of aromatic nitrogens is 4. The summed E-state index contributed by atoms with van der Waals surface area (Å²) in [6.07, 6.45) is 5.77. The Morgan fingerprint density at radius 2 is 1.94 bits per heavy atom. The van der Waals surface area contributed by atoms with Crippen LogP contribution in [0.3, 0.4) is 0 Å². The number of hydrogen-bond donors (Lipinski definition) is 5. The summed E-state index contributed by atoms with van der Waals surface area (Å²) in [6.45, 7) is 4.50. The predicted molar refractivity (Wildman–Crippen MR) is 132 cm³/mol. The van der Waals surface area contributed by atoms with Crippen molar-refractivity contribution in [3.63, 3.8) is 0 Å². The zero-order valence-corrected chi connectivity index (χ0v) is 19.6. The van der Waals surface area contributed by atoms with Crippen LogP contribution in [0.4, 0.5) is 23.1 Å². The van der Waals surface area contributed by atoms with Gasteiger partial charge in [0, 0.05) is 37.8 Å². The van der Waals surface area contributed by atoms with Crippen LogP contribution < -0.4 is 32.7 Å². The van der Waals surface area contributed by atoms with Crippen molar-refractivity contribution in [2.24, 2.45) is 17.2 Å². The van der Waals surface area contributed by atoms with Gasteiger partial charge in [-0.05, 0) is 50.3 Å². The summed E-state index contributed by atoms with van der Waals surface area (Å²) < 4.78 is 1.73. The third kappa shape index (κ3) is 4.56. The molecular weight excluding hydrogens is 440 g/mol. The van der Waals surface area contributed by atoms with Crippen molar-refractivity contribution < 1.29 is 0 Å². The van der Waals surface area contributed by atoms with Gasteiger partial charge in [-0.1, -0.05) is 11.6 Å². The number of hydrogen-bond acceptors (Lipinski definition) is 9. The first kappa shape index (κ1) is 22.1. The van der Waals surface area contributed by atoms with E-state index in [1.165, 1.54) is 0 Å². The number of benzene rings is 1. The van der Waals surface area contributed by atoms with Gasteiger partial charge in [0.15, 0.2) is 11.5 Å². The molecule has 0 radical (unpaired) electrons. The van der Waals surface area contributed by atoms with Crippen LogP contribution in [0.25, 0.3) is 5.65 Å². The summed E-state index contributed by atoms with van der Waals surface area (Å²) in [5.41, 5.74) is 22.2. The van der Waals surface area contributed by atoms with E-state index in [-0.39, 0.29) is 5.54 Å². The van der Waals surface area contributed by atoms with Gasteiger partial charge in [-0.3, -0.25) is 0 Å². The Bertz CT molecular complexity index is 1160. The molecule has 11 heteroatoms. The maximum absolute atomic E-state index is 6.90. The molecule has 2 aromatic heterocycles. The fraction of sp³-hybridized carbons (Fsp3) is 0.500. The van der Waals surface area contributed by atoms with E-state index in [4.69, 9.17) is 33.8 Å². The van der Waals surface area contributed by atoms with Crippen LogP contribution in [0.1, 0.15) is 43.9 Å². The quantitative estimate of drug-likeness (QED) is 0.350. The molecule has 2 fully saturated rings. The van der Waals surface area contributed by atoms with Gasteiger partial charge in [-0.25, -0.2) is 9.50 Å². The monoisotopic (exact) mass is 470 g/mol. The van der Waals surface area contributed by atoms with Crippen molar-refractivity contribution >= 4 is 40.4 Å². The second-order valence-corrected chi connectivity index (χ2v) is 9.72. The molecule has 10 nitrogen and oxygen atoms in total. The third-order valence-electron chi connectivity index (χ3n) is 6.40. The van der Waals surface area contributed by atoms with Gasteiger partial charge in [0.1, 0.15) is 0 Å². The molecule has 3 heterocycles. The minimum absolute atomic E-state index is 0.144. The summed E-state index contributed by atoms with van der Waals surface area (Å²) in [6, 6.07) is 4.42. The predicted octanol–water partition coefficient (Wildman–Crippen LogP) is 2.33. The van der Waals surface area contributed by atoms with Gasteiger partial charge < -0.3 is 32.7 Å². The Morgan fingerprint density at radius 3 is 2.61 bits per heavy atom. The Labute approximate surface area is 197 Å². The highest BCUT2D eigenvalue weighted by atomic mass is 35.5. The van der Waals surface area contributed by atoms with Crippen LogP contribution in [-0.2, 0) is 13.1 Å². The lowest BCUT2D eigenvalue weighted by molar-refractivity contribution is 0.364. The Balaban J connectivity index is 1.51. The molecule has 1 aromatic carbocycles. The standard InChI is InChI=1S/C22H31ClN10/c1-22(26)4-6-32(7-5-22)17-9-13(10-24)8-16(18(17)23)29-21-30-19(28-14-2-3-14)20-27-12-15(11-25)33(20)31-21/h8-9,12,14H,2-7,10-11,24-26H2,1H3,(H2,28,29,30,31). The minimum Gasteiger partial charge on any atom is -0.370 e. The van der Waals surface area contributed by atoms with E-state index in [1.54, 1.807) is 10.7 Å². The van der Waals surface area contributed by atoms with Gasteiger partial charge in [-0.2, -0.15) is 4.98 Å². The summed E-state index contributed by atoms with van der Waals surface area (Å²) in [7, 11) is 0. The van der Waals surface area contributed by atoms with Gasteiger partial charge in [0.2, 0.25) is 5.95 Å². The van der Waals surface area contributed by atoms with Crippen LogP contribution in [0.15, 0.2) is 18.3 Å². The second kappa shape index (κ2) is 8.60. The van der Waals surface area contributed by atoms with Gasteiger partial charge in [-0.15, -0.1) is 5.10 Å². The lowest BCUT2D eigenvalue weighted by Gasteiger charge is -2.38. The molecule has 176 valence electrons. The topological polar surface area (TPSA) is 148 Å². The average Bonchev–Trinajstić information content (AvgIpc) is 3.51. The van der Waals surface area contributed by atoms with E-state index < -0.39 is 0 Å². The number of nitrogens with one attached hydrogen (secondary N) is 2. The first-order valence-electron chi connectivity index (χ1n) is 11.4. The van der Waals surface area contributed by atoms with Crippen LogP contribution >= 0.6 is 11.6 Å². The summed E-state index contributed by atoms with van der Waals surface area (Å²) >= 11 is 6.90. The molecule has 1 saturated heterocycles. The van der Waals surface area contributed by atoms with E-state index >= 15 is 0 Å². The Kier molecular flexibility index (Phi) is 5.77. The molecule has 0 unspecified atom stereocenters. The van der Waals surface area contributed by atoms with Crippen LogP contribution in [0.2, 0.25) is 5.02 Å². The molecule has 3 aromatic rings. The maximum Gasteiger partial charge on any atom is 0.247 e. The molecule has 1 saturated carbocycles. The minimum atomic E-state index is -0.144. The number of nitrogens with two attached hydrogens (primary N) is 3. The van der Waals surface area contributed by atoms with Crippen LogP contribution in [-0.4, -0.2) is 44.3 Å². The number of anilines is 4. The highest BCUT2D eigenvalue weighted by molar-refractivity contribution is 6.36. The molecule has 0 atom stereocenters. The molecule has 8 N–H and O–H groups in total. The first-order chi connectivity index (χ1) is 15.9. The fourth-order valence-corrected chi connectivity index (χ4v) is 4.40. The zero-order chi connectivity index (χ0) is 23.2. The summed E-state index contributed by atoms with van der Waals surface area (Å²) in [4.78, 5) is 11.4. The number of imidazole rings is 1. The third-order valence-corrected chi connectivity index (χ3v) is 6.80. The number of rotatable bonds is 7. The van der Waals surface area contributed by atoms with Crippen molar-refractivity contribution in [1.82, 2.24) is 19.6 Å². The van der Waals surface area contributed by atoms with E-state index in [0.29, 0.717) is 47.3 Å². The number of nitrogens with zero attached hydrogens (tertiary/aromatic N) is 5. The fourth-order valence-electron chi connectivity index (χ4n) is 4.12. The van der Waals surface area contributed by atoms with Crippen LogP contribution in [0.5, 0.6) is 0 Å². The largest absolute Gasteiger partial charge is 0.370 e. The number of piperidine rings is 1.